The zero-order chi connectivity index (χ0) is 22.6. The number of piperidine rings is 1. The first kappa shape index (κ1) is 22.5. The molecule has 1 spiro atoms. The van der Waals surface area contributed by atoms with Crippen molar-refractivity contribution in [2.24, 2.45) is 5.92 Å². The van der Waals surface area contributed by atoms with E-state index in [2.05, 4.69) is 5.32 Å². The second kappa shape index (κ2) is 9.32. The molecule has 2 fully saturated rings. The molecule has 0 radical (unpaired) electrons. The van der Waals surface area contributed by atoms with Crippen molar-refractivity contribution < 1.29 is 33.4 Å². The Balaban J connectivity index is 1.49. The number of carbonyl (C=O) groups is 4. The third-order valence-corrected chi connectivity index (χ3v) is 5.63. The number of ether oxygens (including phenoxy) is 1. The minimum Gasteiger partial charge on any atom is -0.481 e. The first-order chi connectivity index (χ1) is 14.7. The topological polar surface area (TPSA) is 116 Å². The number of imide groups is 1. The van der Waals surface area contributed by atoms with Crippen molar-refractivity contribution in [2.75, 3.05) is 19.6 Å². The molecule has 0 aromatic heterocycles. The highest BCUT2D eigenvalue weighted by molar-refractivity contribution is 5.94. The fourth-order valence-corrected chi connectivity index (χ4v) is 3.96. The van der Waals surface area contributed by atoms with Gasteiger partial charge in [0, 0.05) is 44.3 Å². The van der Waals surface area contributed by atoms with Gasteiger partial charge in [-0.3, -0.25) is 19.8 Å². The van der Waals surface area contributed by atoms with Gasteiger partial charge in [-0.2, -0.15) is 0 Å². The molecule has 1 atom stereocenters. The smallest absolute Gasteiger partial charge is 0.410 e. The normalized spacial score (nSPS) is 18.6. The van der Waals surface area contributed by atoms with E-state index in [9.17, 15) is 23.6 Å². The molecule has 31 heavy (non-hydrogen) atoms. The molecule has 9 nitrogen and oxygen atoms in total. The Morgan fingerprint density at radius 3 is 2.55 bits per heavy atom. The van der Waals surface area contributed by atoms with Crippen LogP contribution in [-0.2, 0) is 20.9 Å². The predicted molar refractivity (Wildman–Crippen MR) is 106 cm³/mol. The lowest BCUT2D eigenvalue weighted by Gasteiger charge is -2.37. The predicted octanol–water partition coefficient (Wildman–Crippen LogP) is 2.35. The van der Waals surface area contributed by atoms with Gasteiger partial charge in [-0.25, -0.2) is 14.0 Å². The summed E-state index contributed by atoms with van der Waals surface area (Å²) in [5, 5.41) is 11.0. The van der Waals surface area contributed by atoms with Crippen LogP contribution in [0.2, 0.25) is 0 Å². The van der Waals surface area contributed by atoms with Gasteiger partial charge >= 0.3 is 18.1 Å². The highest BCUT2D eigenvalue weighted by Gasteiger charge is 2.47. The number of urea groups is 1. The quantitative estimate of drug-likeness (QED) is 0.709. The highest BCUT2D eigenvalue weighted by Crippen LogP contribution is 2.34. The first-order valence-corrected chi connectivity index (χ1v) is 10.2. The number of rotatable bonds is 6. The van der Waals surface area contributed by atoms with E-state index in [0.29, 0.717) is 38.0 Å². The van der Waals surface area contributed by atoms with Crippen molar-refractivity contribution in [3.63, 3.8) is 0 Å². The van der Waals surface area contributed by atoms with E-state index >= 15 is 0 Å². The number of nitrogens with one attached hydrogen (secondary N) is 1. The standard InChI is InChI=1S/C21H26FN3O6/c1-14(11-18(27)28)10-17(26)23-19(29)24-8-6-21(7-9-24)13-25(20(30)31-21)12-15-4-2-3-5-16(15)22/h2-5,14H,6-13H2,1H3,(H,27,28)(H,23,26,29). The van der Waals surface area contributed by atoms with Crippen LogP contribution in [0, 0.1) is 11.7 Å². The van der Waals surface area contributed by atoms with Gasteiger partial charge in [-0.05, 0) is 12.0 Å². The maximum Gasteiger partial charge on any atom is 0.410 e. The van der Waals surface area contributed by atoms with E-state index in [1.165, 1.54) is 15.9 Å². The van der Waals surface area contributed by atoms with E-state index in [0.717, 1.165) is 0 Å². The number of nitrogens with zero attached hydrogens (tertiary/aromatic N) is 2. The van der Waals surface area contributed by atoms with Crippen LogP contribution in [0.25, 0.3) is 0 Å². The van der Waals surface area contributed by atoms with Crippen molar-refractivity contribution in [3.8, 4) is 0 Å². The number of aliphatic carboxylic acids is 1. The summed E-state index contributed by atoms with van der Waals surface area (Å²) in [6.07, 6.45) is 0.0948. The second-order valence-corrected chi connectivity index (χ2v) is 8.25. The maximum absolute atomic E-state index is 13.9. The molecular formula is C21H26FN3O6. The largest absolute Gasteiger partial charge is 0.481 e. The van der Waals surface area contributed by atoms with Gasteiger partial charge in [0.05, 0.1) is 13.1 Å². The molecule has 10 heteroatoms. The monoisotopic (exact) mass is 435 g/mol. The van der Waals surface area contributed by atoms with Crippen LogP contribution < -0.4 is 5.32 Å². The lowest BCUT2D eigenvalue weighted by Crippen LogP contribution is -2.52. The molecule has 1 aromatic carbocycles. The average molecular weight is 435 g/mol. The number of carboxylic acids is 1. The van der Waals surface area contributed by atoms with Crippen molar-refractivity contribution in [1.29, 1.82) is 0 Å². The van der Waals surface area contributed by atoms with Crippen LogP contribution in [0.3, 0.4) is 0 Å². The number of halogens is 1. The molecule has 2 heterocycles. The van der Waals surface area contributed by atoms with Crippen LogP contribution in [-0.4, -0.2) is 64.1 Å². The Labute approximate surface area is 179 Å². The molecular weight excluding hydrogens is 409 g/mol. The van der Waals surface area contributed by atoms with E-state index in [-0.39, 0.29) is 31.1 Å². The lowest BCUT2D eigenvalue weighted by molar-refractivity contribution is -0.138. The van der Waals surface area contributed by atoms with Gasteiger partial charge in [-0.15, -0.1) is 0 Å². The Kier molecular flexibility index (Phi) is 6.77. The number of carbonyl (C=O) groups excluding carboxylic acids is 3. The molecule has 0 aliphatic carbocycles. The number of likely N-dealkylation sites (tertiary alicyclic amines) is 1. The molecule has 1 unspecified atom stereocenters. The third kappa shape index (κ3) is 5.71. The molecule has 1 aromatic rings. The summed E-state index contributed by atoms with van der Waals surface area (Å²) in [7, 11) is 0. The molecule has 3 rings (SSSR count). The Hall–Kier alpha value is -3.17. The summed E-state index contributed by atoms with van der Waals surface area (Å²) in [6, 6.07) is 5.70. The first-order valence-electron chi connectivity index (χ1n) is 10.2. The van der Waals surface area contributed by atoms with E-state index in [1.54, 1.807) is 25.1 Å². The fraction of sp³-hybridized carbons (Fsp3) is 0.524. The Bertz CT molecular complexity index is 868. The van der Waals surface area contributed by atoms with Gasteiger partial charge < -0.3 is 14.7 Å². The summed E-state index contributed by atoms with van der Waals surface area (Å²) in [5.41, 5.74) is -0.331. The van der Waals surface area contributed by atoms with Gasteiger partial charge in [0.25, 0.3) is 0 Å². The summed E-state index contributed by atoms with van der Waals surface area (Å²) < 4.78 is 19.5. The number of amides is 4. The number of benzene rings is 1. The van der Waals surface area contributed by atoms with Crippen molar-refractivity contribution in [1.82, 2.24) is 15.1 Å². The molecule has 168 valence electrons. The highest BCUT2D eigenvalue weighted by atomic mass is 19.1. The molecule has 4 amide bonds. The minimum atomic E-state index is -0.997. The van der Waals surface area contributed by atoms with Crippen molar-refractivity contribution in [3.05, 3.63) is 35.6 Å². The van der Waals surface area contributed by atoms with E-state index in [4.69, 9.17) is 9.84 Å². The SMILES string of the molecule is CC(CC(=O)O)CC(=O)NC(=O)N1CCC2(CC1)CN(Cc1ccccc1F)C(=O)O2. The van der Waals surface area contributed by atoms with Crippen LogP contribution in [0.4, 0.5) is 14.0 Å². The Morgan fingerprint density at radius 2 is 1.90 bits per heavy atom. The lowest BCUT2D eigenvalue weighted by atomic mass is 9.91. The third-order valence-electron chi connectivity index (χ3n) is 5.63. The van der Waals surface area contributed by atoms with Crippen LogP contribution in [0.15, 0.2) is 24.3 Å². The summed E-state index contributed by atoms with van der Waals surface area (Å²) >= 11 is 0. The molecule has 2 saturated heterocycles. The fourth-order valence-electron chi connectivity index (χ4n) is 3.96. The molecule has 0 saturated carbocycles. The maximum atomic E-state index is 13.9. The van der Waals surface area contributed by atoms with Gasteiger partial charge in [0.1, 0.15) is 11.4 Å². The molecule has 2 aliphatic rings. The number of hydrogen-bond donors (Lipinski definition) is 2. The number of hydrogen-bond acceptors (Lipinski definition) is 5. The van der Waals surface area contributed by atoms with E-state index < -0.39 is 29.6 Å². The zero-order valence-electron chi connectivity index (χ0n) is 17.3. The number of carboxylic acid groups (broad SMARTS) is 1. The van der Waals surface area contributed by atoms with Crippen LogP contribution in [0.5, 0.6) is 0 Å². The molecule has 2 aliphatic heterocycles. The van der Waals surface area contributed by atoms with Crippen molar-refractivity contribution >= 4 is 24.0 Å². The van der Waals surface area contributed by atoms with Gasteiger partial charge in [0.2, 0.25) is 5.91 Å². The summed E-state index contributed by atoms with van der Waals surface area (Å²) in [5.74, 6) is -2.29. The second-order valence-electron chi connectivity index (χ2n) is 8.25. The summed E-state index contributed by atoms with van der Waals surface area (Å²) in [6.45, 7) is 2.64. The van der Waals surface area contributed by atoms with Crippen LogP contribution in [0.1, 0.15) is 38.2 Å². The van der Waals surface area contributed by atoms with Crippen LogP contribution >= 0.6 is 0 Å². The zero-order valence-corrected chi connectivity index (χ0v) is 17.3. The van der Waals surface area contributed by atoms with Crippen molar-refractivity contribution in [2.45, 2.75) is 44.8 Å². The van der Waals surface area contributed by atoms with E-state index in [1.807, 2.05) is 0 Å². The molecule has 2 N–H and O–H groups in total. The molecule has 0 bridgehead atoms. The average Bonchev–Trinajstić information content (AvgIpc) is 2.97. The summed E-state index contributed by atoms with van der Waals surface area (Å²) in [4.78, 5) is 50.2. The van der Waals surface area contributed by atoms with Gasteiger partial charge in [-0.1, -0.05) is 25.1 Å². The Morgan fingerprint density at radius 1 is 1.23 bits per heavy atom. The van der Waals surface area contributed by atoms with Gasteiger partial charge in [0.15, 0.2) is 0 Å². The minimum absolute atomic E-state index is 0.0571.